The molecule has 126 valence electrons. The number of aliphatic hydroxyl groups is 2. The standard InChI is InChI=1S/C13H24Br2O6/c1-11(2,14)9(18)20-6-13(5,8(16)17)7-21-10(19)12(3,4)15/h9-10,18-19H,6-7H2,1-5H3,(H,16,17). The number of halogens is 2. The van der Waals surface area contributed by atoms with Crippen molar-refractivity contribution in [3.63, 3.8) is 0 Å². The van der Waals surface area contributed by atoms with E-state index in [1.165, 1.54) is 6.92 Å². The molecule has 0 aliphatic rings. The molecular formula is C13H24Br2O6. The van der Waals surface area contributed by atoms with Gasteiger partial charge in [0.15, 0.2) is 12.6 Å². The largest absolute Gasteiger partial charge is 0.481 e. The van der Waals surface area contributed by atoms with Crippen LogP contribution in [0.3, 0.4) is 0 Å². The molecule has 2 unspecified atom stereocenters. The molecule has 6 nitrogen and oxygen atoms in total. The van der Waals surface area contributed by atoms with E-state index >= 15 is 0 Å². The Morgan fingerprint density at radius 1 is 0.952 bits per heavy atom. The highest BCUT2D eigenvalue weighted by molar-refractivity contribution is 9.10. The van der Waals surface area contributed by atoms with Crippen LogP contribution < -0.4 is 0 Å². The summed E-state index contributed by atoms with van der Waals surface area (Å²) in [5.41, 5.74) is -1.39. The number of carboxylic acids is 1. The Balaban J connectivity index is 4.69. The van der Waals surface area contributed by atoms with Gasteiger partial charge in [0.2, 0.25) is 0 Å². The van der Waals surface area contributed by atoms with Crippen molar-refractivity contribution in [3.05, 3.63) is 0 Å². The predicted octanol–water partition coefficient (Wildman–Crippen LogP) is 2.09. The molecule has 0 amide bonds. The van der Waals surface area contributed by atoms with Crippen LogP contribution in [-0.2, 0) is 14.3 Å². The van der Waals surface area contributed by atoms with Crippen molar-refractivity contribution in [2.75, 3.05) is 13.2 Å². The van der Waals surface area contributed by atoms with Crippen molar-refractivity contribution in [2.24, 2.45) is 5.41 Å². The maximum absolute atomic E-state index is 11.4. The van der Waals surface area contributed by atoms with Crippen LogP contribution in [-0.4, -0.2) is 55.7 Å². The van der Waals surface area contributed by atoms with Crippen molar-refractivity contribution in [2.45, 2.75) is 55.8 Å². The van der Waals surface area contributed by atoms with Crippen LogP contribution in [0.25, 0.3) is 0 Å². The molecule has 0 saturated heterocycles. The minimum Gasteiger partial charge on any atom is -0.481 e. The predicted molar refractivity (Wildman–Crippen MR) is 85.7 cm³/mol. The van der Waals surface area contributed by atoms with Crippen LogP contribution in [0.5, 0.6) is 0 Å². The fourth-order valence-corrected chi connectivity index (χ4v) is 1.35. The van der Waals surface area contributed by atoms with Crippen molar-refractivity contribution in [3.8, 4) is 0 Å². The highest BCUT2D eigenvalue weighted by atomic mass is 79.9. The van der Waals surface area contributed by atoms with Crippen LogP contribution in [0.15, 0.2) is 0 Å². The first-order valence-corrected chi connectivity index (χ1v) is 7.99. The maximum Gasteiger partial charge on any atom is 0.314 e. The summed E-state index contributed by atoms with van der Waals surface area (Å²) >= 11 is 6.47. The molecule has 0 aliphatic carbocycles. The molecule has 0 saturated carbocycles. The molecule has 0 aliphatic heterocycles. The summed E-state index contributed by atoms with van der Waals surface area (Å²) in [4.78, 5) is 11.4. The fraction of sp³-hybridized carbons (Fsp3) is 0.923. The number of aliphatic hydroxyl groups excluding tert-OH is 2. The smallest absolute Gasteiger partial charge is 0.314 e. The number of hydrogen-bond donors (Lipinski definition) is 3. The van der Waals surface area contributed by atoms with Crippen molar-refractivity contribution in [1.29, 1.82) is 0 Å². The van der Waals surface area contributed by atoms with E-state index in [0.29, 0.717) is 0 Å². The molecule has 0 aromatic heterocycles. The van der Waals surface area contributed by atoms with E-state index in [1.54, 1.807) is 27.7 Å². The number of ether oxygens (including phenoxy) is 2. The topological polar surface area (TPSA) is 96.2 Å². The molecule has 0 radical (unpaired) electrons. The average Bonchev–Trinajstić information content (AvgIpc) is 2.30. The number of carbonyl (C=O) groups is 1. The summed E-state index contributed by atoms with van der Waals surface area (Å²) in [6, 6.07) is 0. The Morgan fingerprint density at radius 3 is 1.43 bits per heavy atom. The zero-order valence-electron chi connectivity index (χ0n) is 12.9. The van der Waals surface area contributed by atoms with Crippen LogP contribution in [0, 0.1) is 5.41 Å². The average molecular weight is 436 g/mol. The van der Waals surface area contributed by atoms with Gasteiger partial charge < -0.3 is 24.8 Å². The van der Waals surface area contributed by atoms with Crippen LogP contribution >= 0.6 is 31.9 Å². The van der Waals surface area contributed by atoms with Crippen molar-refractivity contribution < 1.29 is 29.6 Å². The van der Waals surface area contributed by atoms with Gasteiger partial charge in [-0.25, -0.2) is 0 Å². The van der Waals surface area contributed by atoms with Crippen molar-refractivity contribution in [1.82, 2.24) is 0 Å². The van der Waals surface area contributed by atoms with Crippen LogP contribution in [0.4, 0.5) is 0 Å². The van der Waals surface area contributed by atoms with E-state index in [0.717, 1.165) is 0 Å². The number of alkyl halides is 2. The molecule has 0 aromatic rings. The highest BCUT2D eigenvalue weighted by Gasteiger charge is 2.38. The van der Waals surface area contributed by atoms with Gasteiger partial charge in [0.1, 0.15) is 5.41 Å². The molecule has 3 N–H and O–H groups in total. The van der Waals surface area contributed by atoms with Gasteiger partial charge in [-0.2, -0.15) is 0 Å². The Kier molecular flexibility index (Phi) is 7.80. The molecule has 0 heterocycles. The third-order valence-electron chi connectivity index (χ3n) is 2.81. The van der Waals surface area contributed by atoms with Gasteiger partial charge in [0.05, 0.1) is 21.9 Å². The van der Waals surface area contributed by atoms with Gasteiger partial charge in [-0.05, 0) is 34.6 Å². The zero-order chi connectivity index (χ0) is 17.1. The monoisotopic (exact) mass is 434 g/mol. The third kappa shape index (κ3) is 7.38. The van der Waals surface area contributed by atoms with Gasteiger partial charge >= 0.3 is 5.97 Å². The molecule has 21 heavy (non-hydrogen) atoms. The minimum atomic E-state index is -1.39. The zero-order valence-corrected chi connectivity index (χ0v) is 16.1. The SMILES string of the molecule is CC(COC(O)C(C)(C)Br)(COC(O)C(C)(C)Br)C(=O)O. The van der Waals surface area contributed by atoms with Crippen LogP contribution in [0.1, 0.15) is 34.6 Å². The lowest BCUT2D eigenvalue weighted by molar-refractivity contribution is -0.188. The summed E-state index contributed by atoms with van der Waals surface area (Å²) < 4.78 is 9.00. The van der Waals surface area contributed by atoms with Gasteiger partial charge in [0.25, 0.3) is 0 Å². The van der Waals surface area contributed by atoms with Gasteiger partial charge in [0, 0.05) is 0 Å². The lowest BCUT2D eigenvalue weighted by Gasteiger charge is -2.32. The Morgan fingerprint density at radius 2 is 1.24 bits per heavy atom. The van der Waals surface area contributed by atoms with Gasteiger partial charge in [-0.15, -0.1) is 0 Å². The number of carboxylic acid groups (broad SMARTS) is 1. The van der Waals surface area contributed by atoms with Gasteiger partial charge in [-0.1, -0.05) is 31.9 Å². The van der Waals surface area contributed by atoms with E-state index in [-0.39, 0.29) is 13.2 Å². The summed E-state index contributed by atoms with van der Waals surface area (Å²) in [6.45, 7) is 7.71. The molecule has 8 heteroatoms. The summed E-state index contributed by atoms with van der Waals surface area (Å²) in [5, 5.41) is 28.9. The van der Waals surface area contributed by atoms with E-state index in [1.807, 2.05) is 0 Å². The number of aliphatic carboxylic acids is 1. The molecule has 2 atom stereocenters. The quantitative estimate of drug-likeness (QED) is 0.379. The normalized spacial score (nSPS) is 18.9. The van der Waals surface area contributed by atoms with E-state index in [4.69, 9.17) is 9.47 Å². The first-order valence-electron chi connectivity index (χ1n) is 6.41. The molecule has 0 spiro atoms. The first kappa shape index (κ1) is 21.3. The van der Waals surface area contributed by atoms with E-state index < -0.39 is 32.6 Å². The van der Waals surface area contributed by atoms with Crippen LogP contribution in [0.2, 0.25) is 0 Å². The summed E-state index contributed by atoms with van der Waals surface area (Å²) in [5.74, 6) is -1.14. The van der Waals surface area contributed by atoms with Gasteiger partial charge in [-0.3, -0.25) is 4.79 Å². The third-order valence-corrected chi connectivity index (χ3v) is 3.59. The summed E-state index contributed by atoms with van der Waals surface area (Å²) in [6.07, 6.45) is -2.34. The molecule has 0 rings (SSSR count). The molecular weight excluding hydrogens is 412 g/mol. The molecule has 0 aromatic carbocycles. The lowest BCUT2D eigenvalue weighted by atomic mass is 9.93. The van der Waals surface area contributed by atoms with E-state index in [2.05, 4.69) is 31.9 Å². The number of hydrogen-bond acceptors (Lipinski definition) is 5. The Bertz CT molecular complexity index is 324. The molecule has 0 bridgehead atoms. The summed E-state index contributed by atoms with van der Waals surface area (Å²) in [7, 11) is 0. The maximum atomic E-state index is 11.4. The van der Waals surface area contributed by atoms with Crippen molar-refractivity contribution >= 4 is 37.8 Å². The fourth-order valence-electron chi connectivity index (χ4n) is 1.09. The second-order valence-electron chi connectivity index (χ2n) is 6.32. The highest BCUT2D eigenvalue weighted by Crippen LogP contribution is 2.27. The lowest BCUT2D eigenvalue weighted by Crippen LogP contribution is -2.44. The Labute approximate surface area is 142 Å². The second kappa shape index (κ2) is 7.70. The first-order chi connectivity index (χ1) is 9.20. The minimum absolute atomic E-state index is 0.256. The second-order valence-corrected chi connectivity index (χ2v) is 10.4. The number of rotatable bonds is 9. The Hall–Kier alpha value is 0.270. The van der Waals surface area contributed by atoms with E-state index in [9.17, 15) is 20.1 Å². The molecule has 0 fully saturated rings.